The second-order valence-corrected chi connectivity index (χ2v) is 4.60. The molecule has 0 aromatic heterocycles. The molecular formula is C12H19NO. The minimum absolute atomic E-state index is 0.0650. The number of rotatable bonds is 2. The van der Waals surface area contributed by atoms with Gasteiger partial charge >= 0.3 is 0 Å². The van der Waals surface area contributed by atoms with Gasteiger partial charge < -0.3 is 10.8 Å². The second kappa shape index (κ2) is 4.01. The van der Waals surface area contributed by atoms with E-state index in [1.165, 1.54) is 0 Å². The van der Waals surface area contributed by atoms with Crippen LogP contribution in [0, 0.1) is 0 Å². The van der Waals surface area contributed by atoms with Crippen LogP contribution in [0.25, 0.3) is 0 Å². The summed E-state index contributed by atoms with van der Waals surface area (Å²) in [5, 5.41) is 8.88. The van der Waals surface area contributed by atoms with Crippen LogP contribution in [0.1, 0.15) is 31.9 Å². The maximum absolute atomic E-state index is 8.88. The SMILES string of the molecule is CC(C)(C)c1cccc(CCO)c1N. The van der Waals surface area contributed by atoms with Crippen molar-refractivity contribution < 1.29 is 5.11 Å². The summed E-state index contributed by atoms with van der Waals surface area (Å²) in [7, 11) is 0. The quantitative estimate of drug-likeness (QED) is 0.706. The van der Waals surface area contributed by atoms with E-state index in [-0.39, 0.29) is 12.0 Å². The molecule has 0 bridgehead atoms. The number of hydrogen-bond acceptors (Lipinski definition) is 2. The van der Waals surface area contributed by atoms with Gasteiger partial charge in [-0.25, -0.2) is 0 Å². The molecule has 0 aliphatic heterocycles. The number of hydrogen-bond donors (Lipinski definition) is 2. The summed E-state index contributed by atoms with van der Waals surface area (Å²) >= 11 is 0. The number of nitrogen functional groups attached to an aromatic ring is 1. The molecule has 0 aliphatic carbocycles. The molecule has 0 fully saturated rings. The standard InChI is InChI=1S/C12H19NO/c1-12(2,3)10-6-4-5-9(7-8-14)11(10)13/h4-6,14H,7-8,13H2,1-3H3. The van der Waals surface area contributed by atoms with E-state index >= 15 is 0 Å². The third-order valence-electron chi connectivity index (χ3n) is 2.39. The zero-order valence-electron chi connectivity index (χ0n) is 9.17. The molecule has 0 atom stereocenters. The highest BCUT2D eigenvalue weighted by Gasteiger charge is 2.17. The van der Waals surface area contributed by atoms with Crippen molar-refractivity contribution in [1.29, 1.82) is 0 Å². The molecule has 3 N–H and O–H groups in total. The number of para-hydroxylation sites is 1. The summed E-state index contributed by atoms with van der Waals surface area (Å²) in [5.74, 6) is 0. The molecule has 1 rings (SSSR count). The van der Waals surface area contributed by atoms with Crippen molar-refractivity contribution in [1.82, 2.24) is 0 Å². The van der Waals surface area contributed by atoms with E-state index in [2.05, 4.69) is 26.8 Å². The average molecular weight is 193 g/mol. The van der Waals surface area contributed by atoms with E-state index in [0.29, 0.717) is 6.42 Å². The number of aliphatic hydroxyl groups excluding tert-OH is 1. The zero-order valence-corrected chi connectivity index (χ0v) is 9.17. The maximum Gasteiger partial charge on any atom is 0.0472 e. The van der Waals surface area contributed by atoms with Gasteiger partial charge in [-0.05, 0) is 23.0 Å². The number of nitrogens with two attached hydrogens (primary N) is 1. The highest BCUT2D eigenvalue weighted by Crippen LogP contribution is 2.29. The molecular weight excluding hydrogens is 174 g/mol. The largest absolute Gasteiger partial charge is 0.398 e. The molecule has 0 heterocycles. The lowest BCUT2D eigenvalue weighted by Crippen LogP contribution is -2.15. The Bertz CT molecular complexity index is 313. The molecule has 2 nitrogen and oxygen atoms in total. The Kier molecular flexibility index (Phi) is 3.17. The Hall–Kier alpha value is -1.02. The molecule has 2 heteroatoms. The molecule has 0 amide bonds. The van der Waals surface area contributed by atoms with Gasteiger partial charge in [-0.1, -0.05) is 39.0 Å². The van der Waals surface area contributed by atoms with E-state index in [9.17, 15) is 0 Å². The van der Waals surface area contributed by atoms with Gasteiger partial charge in [0.25, 0.3) is 0 Å². The summed E-state index contributed by atoms with van der Waals surface area (Å²) in [6, 6.07) is 6.03. The van der Waals surface area contributed by atoms with Crippen LogP contribution < -0.4 is 5.73 Å². The van der Waals surface area contributed by atoms with Crippen LogP contribution in [-0.4, -0.2) is 11.7 Å². The van der Waals surface area contributed by atoms with Gasteiger partial charge in [0.05, 0.1) is 0 Å². The van der Waals surface area contributed by atoms with Crippen LogP contribution in [0.5, 0.6) is 0 Å². The van der Waals surface area contributed by atoms with E-state index in [4.69, 9.17) is 10.8 Å². The van der Waals surface area contributed by atoms with Gasteiger partial charge in [-0.3, -0.25) is 0 Å². The van der Waals surface area contributed by atoms with Gasteiger partial charge in [0.15, 0.2) is 0 Å². The number of anilines is 1. The van der Waals surface area contributed by atoms with E-state index in [0.717, 1.165) is 16.8 Å². The lowest BCUT2D eigenvalue weighted by atomic mass is 9.84. The van der Waals surface area contributed by atoms with Crippen LogP contribution in [0.15, 0.2) is 18.2 Å². The highest BCUT2D eigenvalue weighted by molar-refractivity contribution is 5.56. The Morgan fingerprint density at radius 2 is 1.93 bits per heavy atom. The lowest BCUT2D eigenvalue weighted by Gasteiger charge is -2.22. The summed E-state index contributed by atoms with van der Waals surface area (Å²) in [4.78, 5) is 0. The minimum Gasteiger partial charge on any atom is -0.398 e. The van der Waals surface area contributed by atoms with Gasteiger partial charge in [-0.2, -0.15) is 0 Å². The Morgan fingerprint density at radius 3 is 2.43 bits per heavy atom. The minimum atomic E-state index is 0.0650. The predicted octanol–water partition coefficient (Wildman–Crippen LogP) is 2.10. The molecule has 1 aromatic carbocycles. The zero-order chi connectivity index (χ0) is 10.8. The topological polar surface area (TPSA) is 46.2 Å². The summed E-state index contributed by atoms with van der Waals surface area (Å²) in [6.45, 7) is 6.57. The summed E-state index contributed by atoms with van der Waals surface area (Å²) < 4.78 is 0. The molecule has 1 aromatic rings. The first kappa shape index (κ1) is 11.1. The molecule has 0 radical (unpaired) electrons. The van der Waals surface area contributed by atoms with Gasteiger partial charge in [0.2, 0.25) is 0 Å². The van der Waals surface area contributed by atoms with Crippen molar-refractivity contribution in [2.45, 2.75) is 32.6 Å². The van der Waals surface area contributed by atoms with Crippen molar-refractivity contribution in [3.63, 3.8) is 0 Å². The van der Waals surface area contributed by atoms with Crippen molar-refractivity contribution in [3.8, 4) is 0 Å². The van der Waals surface area contributed by atoms with E-state index in [1.807, 2.05) is 12.1 Å². The molecule has 0 unspecified atom stereocenters. The first-order valence-corrected chi connectivity index (χ1v) is 4.95. The first-order chi connectivity index (χ1) is 6.46. The molecule has 0 aliphatic rings. The van der Waals surface area contributed by atoms with Crippen molar-refractivity contribution in [3.05, 3.63) is 29.3 Å². The predicted molar refractivity (Wildman–Crippen MR) is 60.3 cm³/mol. The van der Waals surface area contributed by atoms with Crippen molar-refractivity contribution in [2.24, 2.45) is 0 Å². The molecule has 0 spiro atoms. The fourth-order valence-corrected chi connectivity index (χ4v) is 1.61. The number of aliphatic hydroxyl groups is 1. The normalized spacial score (nSPS) is 11.7. The van der Waals surface area contributed by atoms with Crippen LogP contribution in [0.3, 0.4) is 0 Å². The third kappa shape index (κ3) is 2.26. The smallest absolute Gasteiger partial charge is 0.0472 e. The third-order valence-corrected chi connectivity index (χ3v) is 2.39. The van der Waals surface area contributed by atoms with Gasteiger partial charge in [-0.15, -0.1) is 0 Å². The van der Waals surface area contributed by atoms with Gasteiger partial charge in [0.1, 0.15) is 0 Å². The highest BCUT2D eigenvalue weighted by atomic mass is 16.2. The fourth-order valence-electron chi connectivity index (χ4n) is 1.61. The molecule has 14 heavy (non-hydrogen) atoms. The summed E-state index contributed by atoms with van der Waals surface area (Å²) in [5.41, 5.74) is 9.13. The van der Waals surface area contributed by atoms with E-state index < -0.39 is 0 Å². The monoisotopic (exact) mass is 193 g/mol. The maximum atomic E-state index is 8.88. The first-order valence-electron chi connectivity index (χ1n) is 4.95. The lowest BCUT2D eigenvalue weighted by molar-refractivity contribution is 0.299. The molecule has 0 saturated carbocycles. The summed E-state index contributed by atoms with van der Waals surface area (Å²) in [6.07, 6.45) is 0.635. The van der Waals surface area contributed by atoms with Gasteiger partial charge in [0, 0.05) is 12.3 Å². The van der Waals surface area contributed by atoms with Crippen LogP contribution in [-0.2, 0) is 11.8 Å². The van der Waals surface area contributed by atoms with Crippen LogP contribution in [0.2, 0.25) is 0 Å². The average Bonchev–Trinajstić information content (AvgIpc) is 2.07. The number of benzene rings is 1. The van der Waals surface area contributed by atoms with Crippen LogP contribution >= 0.6 is 0 Å². The molecule has 0 saturated heterocycles. The van der Waals surface area contributed by atoms with Crippen molar-refractivity contribution >= 4 is 5.69 Å². The Balaban J connectivity index is 3.14. The Labute approximate surface area is 85.8 Å². The molecule has 78 valence electrons. The van der Waals surface area contributed by atoms with Crippen LogP contribution in [0.4, 0.5) is 5.69 Å². The van der Waals surface area contributed by atoms with E-state index in [1.54, 1.807) is 0 Å². The second-order valence-electron chi connectivity index (χ2n) is 4.60. The fraction of sp³-hybridized carbons (Fsp3) is 0.500. The Morgan fingerprint density at radius 1 is 1.29 bits per heavy atom. The van der Waals surface area contributed by atoms with Crippen molar-refractivity contribution in [2.75, 3.05) is 12.3 Å².